The third-order valence-electron chi connectivity index (χ3n) is 4.26. The maximum atomic E-state index is 11.6. The summed E-state index contributed by atoms with van der Waals surface area (Å²) < 4.78 is 10.2. The molecule has 0 N–H and O–H groups in total. The van der Waals surface area contributed by atoms with Gasteiger partial charge < -0.3 is 9.47 Å². The van der Waals surface area contributed by atoms with E-state index in [1.807, 2.05) is 6.92 Å². The van der Waals surface area contributed by atoms with E-state index in [-0.39, 0.29) is 12.0 Å². The Hall–Kier alpha value is -0.650. The number of hydrogen-bond acceptors (Lipinski definition) is 5. The summed E-state index contributed by atoms with van der Waals surface area (Å²) in [5.41, 5.74) is 0. The van der Waals surface area contributed by atoms with Crippen molar-refractivity contribution in [2.75, 3.05) is 53.0 Å². The lowest BCUT2D eigenvalue weighted by molar-refractivity contribution is -0.147. The van der Waals surface area contributed by atoms with E-state index < -0.39 is 0 Å². The first-order chi connectivity index (χ1) is 9.20. The molecule has 2 aliphatic rings. The van der Waals surface area contributed by atoms with Gasteiger partial charge in [-0.2, -0.15) is 0 Å². The van der Waals surface area contributed by atoms with Crippen LogP contribution in [0.5, 0.6) is 0 Å². The Morgan fingerprint density at radius 3 is 2.79 bits per heavy atom. The van der Waals surface area contributed by atoms with Crippen molar-refractivity contribution in [2.45, 2.75) is 25.8 Å². The van der Waals surface area contributed by atoms with Gasteiger partial charge in [-0.15, -0.1) is 0 Å². The van der Waals surface area contributed by atoms with Gasteiger partial charge in [0.2, 0.25) is 0 Å². The molecule has 5 heteroatoms. The molecule has 0 spiro atoms. The van der Waals surface area contributed by atoms with Gasteiger partial charge in [-0.25, -0.2) is 0 Å². The summed E-state index contributed by atoms with van der Waals surface area (Å²) in [5.74, 6) is 0.547. The summed E-state index contributed by atoms with van der Waals surface area (Å²) in [4.78, 5) is 16.4. The molecule has 0 unspecified atom stereocenters. The Bertz CT molecular complexity index is 292. The molecule has 2 aliphatic heterocycles. The molecule has 0 radical (unpaired) electrons. The van der Waals surface area contributed by atoms with Gasteiger partial charge in [0.25, 0.3) is 0 Å². The fourth-order valence-corrected chi connectivity index (χ4v) is 3.07. The summed E-state index contributed by atoms with van der Waals surface area (Å²) in [7, 11) is 1.47. The highest BCUT2D eigenvalue weighted by Gasteiger charge is 2.29. The zero-order chi connectivity index (χ0) is 13.7. The van der Waals surface area contributed by atoms with Crippen LogP contribution >= 0.6 is 0 Å². The molecule has 0 aromatic carbocycles. The average Bonchev–Trinajstić information content (AvgIpc) is 2.47. The first-order valence-corrected chi connectivity index (χ1v) is 7.32. The smallest absolute Gasteiger partial charge is 0.322 e. The number of rotatable bonds is 4. The van der Waals surface area contributed by atoms with Crippen LogP contribution in [-0.2, 0) is 14.3 Å². The van der Waals surface area contributed by atoms with E-state index in [4.69, 9.17) is 9.47 Å². The van der Waals surface area contributed by atoms with E-state index in [1.165, 1.54) is 20.0 Å². The van der Waals surface area contributed by atoms with Gasteiger partial charge in [0.05, 0.1) is 20.3 Å². The maximum Gasteiger partial charge on any atom is 0.322 e. The standard InChI is InChI=1S/C14H26N2O3/c1-12(14(17)18-2)16-5-3-4-13(11-16)10-15-6-8-19-9-7-15/h12-13H,3-11H2,1-2H3/t12-,13-/m0/s1. The number of morpholine rings is 1. The minimum atomic E-state index is -0.118. The summed E-state index contributed by atoms with van der Waals surface area (Å²) in [6, 6.07) is -0.113. The second-order valence-electron chi connectivity index (χ2n) is 5.62. The molecule has 0 aromatic heterocycles. The maximum absolute atomic E-state index is 11.6. The molecule has 0 amide bonds. The lowest BCUT2D eigenvalue weighted by Gasteiger charge is -2.38. The van der Waals surface area contributed by atoms with Gasteiger partial charge in [-0.1, -0.05) is 0 Å². The van der Waals surface area contributed by atoms with Crippen LogP contribution in [0.2, 0.25) is 0 Å². The summed E-state index contributed by atoms with van der Waals surface area (Å²) in [6.07, 6.45) is 2.44. The molecule has 0 saturated carbocycles. The summed E-state index contributed by atoms with van der Waals surface area (Å²) >= 11 is 0. The Morgan fingerprint density at radius 2 is 2.11 bits per heavy atom. The fourth-order valence-electron chi connectivity index (χ4n) is 3.07. The summed E-state index contributed by atoms with van der Waals surface area (Å²) in [6.45, 7) is 8.90. The van der Waals surface area contributed by atoms with Crippen molar-refractivity contribution in [1.29, 1.82) is 0 Å². The van der Waals surface area contributed by atoms with E-state index in [1.54, 1.807) is 0 Å². The van der Waals surface area contributed by atoms with E-state index in [0.717, 1.165) is 45.9 Å². The lowest BCUT2D eigenvalue weighted by atomic mass is 9.96. The van der Waals surface area contributed by atoms with Crippen LogP contribution in [0.1, 0.15) is 19.8 Å². The lowest BCUT2D eigenvalue weighted by Crippen LogP contribution is -2.49. The normalized spacial score (nSPS) is 28.0. The van der Waals surface area contributed by atoms with Crippen molar-refractivity contribution in [1.82, 2.24) is 9.80 Å². The molecular formula is C14H26N2O3. The molecule has 0 aliphatic carbocycles. The predicted octanol–water partition coefficient (Wildman–Crippen LogP) is 0.592. The minimum Gasteiger partial charge on any atom is -0.468 e. The van der Waals surface area contributed by atoms with Gasteiger partial charge in [0, 0.05) is 26.2 Å². The van der Waals surface area contributed by atoms with Crippen LogP contribution in [0, 0.1) is 5.92 Å². The predicted molar refractivity (Wildman–Crippen MR) is 73.0 cm³/mol. The van der Waals surface area contributed by atoms with Crippen molar-refractivity contribution in [3.63, 3.8) is 0 Å². The summed E-state index contributed by atoms with van der Waals surface area (Å²) in [5, 5.41) is 0. The Morgan fingerprint density at radius 1 is 1.37 bits per heavy atom. The van der Waals surface area contributed by atoms with Crippen LogP contribution in [0.15, 0.2) is 0 Å². The van der Waals surface area contributed by atoms with Crippen LogP contribution in [-0.4, -0.2) is 74.9 Å². The third kappa shape index (κ3) is 4.16. The average molecular weight is 270 g/mol. The number of esters is 1. The van der Waals surface area contributed by atoms with Gasteiger partial charge >= 0.3 is 5.97 Å². The monoisotopic (exact) mass is 270 g/mol. The Labute approximate surface area is 115 Å². The molecule has 2 heterocycles. The highest BCUT2D eigenvalue weighted by atomic mass is 16.5. The Balaban J connectivity index is 1.81. The number of methoxy groups -OCH3 is 1. The molecular weight excluding hydrogens is 244 g/mol. The van der Waals surface area contributed by atoms with Crippen LogP contribution in [0.4, 0.5) is 0 Å². The SMILES string of the molecule is COC(=O)[C@H](C)N1CCC[C@@H](CN2CCOCC2)C1. The zero-order valence-corrected chi connectivity index (χ0v) is 12.1. The van der Waals surface area contributed by atoms with Crippen molar-refractivity contribution >= 4 is 5.97 Å². The number of hydrogen-bond donors (Lipinski definition) is 0. The van der Waals surface area contributed by atoms with Gasteiger partial charge in [-0.3, -0.25) is 14.6 Å². The minimum absolute atomic E-state index is 0.113. The second-order valence-corrected chi connectivity index (χ2v) is 5.62. The number of nitrogens with zero attached hydrogens (tertiary/aromatic N) is 2. The topological polar surface area (TPSA) is 42.0 Å². The molecule has 5 nitrogen and oxygen atoms in total. The molecule has 0 aromatic rings. The zero-order valence-electron chi connectivity index (χ0n) is 12.1. The van der Waals surface area contributed by atoms with Crippen molar-refractivity contribution in [3.8, 4) is 0 Å². The second kappa shape index (κ2) is 7.22. The first kappa shape index (κ1) is 14.8. The van der Waals surface area contributed by atoms with Crippen LogP contribution in [0.3, 0.4) is 0 Å². The molecule has 2 atom stereocenters. The van der Waals surface area contributed by atoms with Crippen LogP contribution < -0.4 is 0 Å². The van der Waals surface area contributed by atoms with Crippen molar-refractivity contribution < 1.29 is 14.3 Å². The highest BCUT2D eigenvalue weighted by molar-refractivity contribution is 5.75. The van der Waals surface area contributed by atoms with Crippen molar-refractivity contribution in [2.24, 2.45) is 5.92 Å². The van der Waals surface area contributed by atoms with Gasteiger partial charge in [0.1, 0.15) is 6.04 Å². The number of carbonyl (C=O) groups is 1. The van der Waals surface area contributed by atoms with E-state index >= 15 is 0 Å². The van der Waals surface area contributed by atoms with Gasteiger partial charge in [-0.05, 0) is 32.2 Å². The first-order valence-electron chi connectivity index (χ1n) is 7.32. The highest BCUT2D eigenvalue weighted by Crippen LogP contribution is 2.20. The number of ether oxygens (including phenoxy) is 2. The molecule has 2 saturated heterocycles. The fraction of sp³-hybridized carbons (Fsp3) is 0.929. The van der Waals surface area contributed by atoms with Crippen LogP contribution in [0.25, 0.3) is 0 Å². The van der Waals surface area contributed by atoms with Gasteiger partial charge in [0.15, 0.2) is 0 Å². The molecule has 2 rings (SSSR count). The van der Waals surface area contributed by atoms with Crippen molar-refractivity contribution in [3.05, 3.63) is 0 Å². The van der Waals surface area contributed by atoms with E-state index in [2.05, 4.69) is 9.80 Å². The van der Waals surface area contributed by atoms with E-state index in [9.17, 15) is 4.79 Å². The van der Waals surface area contributed by atoms with E-state index in [0.29, 0.717) is 5.92 Å². The number of likely N-dealkylation sites (tertiary alicyclic amines) is 1. The molecule has 110 valence electrons. The molecule has 19 heavy (non-hydrogen) atoms. The molecule has 0 bridgehead atoms. The molecule has 2 fully saturated rings. The number of piperidine rings is 1. The largest absolute Gasteiger partial charge is 0.468 e. The Kier molecular flexibility index (Phi) is 5.60. The number of carbonyl (C=O) groups excluding carboxylic acids is 1. The third-order valence-corrected chi connectivity index (χ3v) is 4.26. The quantitative estimate of drug-likeness (QED) is 0.700.